The van der Waals surface area contributed by atoms with Gasteiger partial charge in [-0.2, -0.15) is 0 Å². The highest BCUT2D eigenvalue weighted by Gasteiger charge is 2.28. The topological polar surface area (TPSA) is 82.1 Å². The maximum atomic E-state index is 13.7. The van der Waals surface area contributed by atoms with Crippen LogP contribution in [0.2, 0.25) is 0 Å². The molecule has 0 saturated heterocycles. The third kappa shape index (κ3) is 4.19. The number of benzene rings is 2. The van der Waals surface area contributed by atoms with Crippen molar-refractivity contribution < 1.29 is 36.7 Å². The van der Waals surface area contributed by atoms with Crippen molar-refractivity contribution in [3.8, 4) is 11.6 Å². The number of halogens is 4. The molecule has 6 nitrogen and oxygen atoms in total. The predicted octanol–water partition coefficient (Wildman–Crippen LogP) is 3.01. The third-order valence-corrected chi connectivity index (χ3v) is 5.00. The summed E-state index contributed by atoms with van der Waals surface area (Å²) in [5.74, 6) is -8.61. The maximum absolute atomic E-state index is 13.7. The van der Waals surface area contributed by atoms with E-state index in [0.717, 1.165) is 5.56 Å². The maximum Gasteiger partial charge on any atom is 0.298 e. The van der Waals surface area contributed by atoms with Crippen LogP contribution in [0.5, 0.6) is 5.95 Å². The molecule has 2 aromatic carbocycles. The molecule has 3 aromatic rings. The molecule has 1 amide bonds. The predicted molar refractivity (Wildman–Crippen MR) is 92.4 cm³/mol. The number of nitrogens with zero attached hydrogens (tertiary/aromatic N) is 2. The van der Waals surface area contributed by atoms with Crippen molar-refractivity contribution in [3.05, 3.63) is 59.2 Å². The summed E-state index contributed by atoms with van der Waals surface area (Å²) in [4.78, 5) is 12.3. The Bertz CT molecular complexity index is 1050. The van der Waals surface area contributed by atoms with E-state index in [4.69, 9.17) is 0 Å². The first-order chi connectivity index (χ1) is 13.7. The van der Waals surface area contributed by atoms with E-state index in [-0.39, 0.29) is 11.1 Å². The number of amides is 1. The van der Waals surface area contributed by atoms with Crippen LogP contribution in [0.3, 0.4) is 0 Å². The SMILES string of the molecule is Cc1ccc(-[n+]2noc([O-])c2SC(C)C(=O)Nc2c(F)c(F)cc(F)c2F)cc1. The van der Waals surface area contributed by atoms with Crippen molar-refractivity contribution in [1.82, 2.24) is 5.27 Å². The highest BCUT2D eigenvalue weighted by molar-refractivity contribution is 8.00. The zero-order chi connectivity index (χ0) is 21.3. The van der Waals surface area contributed by atoms with Gasteiger partial charge in [-0.05, 0) is 30.3 Å². The summed E-state index contributed by atoms with van der Waals surface area (Å²) in [5, 5.41) is 16.2. The quantitative estimate of drug-likeness (QED) is 0.293. The molecule has 0 aliphatic carbocycles. The lowest BCUT2D eigenvalue weighted by molar-refractivity contribution is -0.705. The normalized spacial score (nSPS) is 12.1. The molecule has 0 saturated carbocycles. The minimum Gasteiger partial charge on any atom is -0.538 e. The van der Waals surface area contributed by atoms with Gasteiger partial charge in [-0.3, -0.25) is 4.79 Å². The van der Waals surface area contributed by atoms with E-state index in [2.05, 4.69) is 9.79 Å². The number of hydrogen-bond acceptors (Lipinski definition) is 5. The molecule has 1 heterocycles. The van der Waals surface area contributed by atoms with Crippen LogP contribution in [-0.4, -0.2) is 16.4 Å². The van der Waals surface area contributed by atoms with Crippen LogP contribution in [0.1, 0.15) is 12.5 Å². The van der Waals surface area contributed by atoms with Gasteiger partial charge in [0.15, 0.2) is 29.2 Å². The van der Waals surface area contributed by atoms with E-state index >= 15 is 0 Å². The number of rotatable bonds is 5. The molecule has 1 unspecified atom stereocenters. The number of carbonyl (C=O) groups is 1. The first-order valence-corrected chi connectivity index (χ1v) is 9.03. The molecule has 1 aromatic heterocycles. The molecule has 1 N–H and O–H groups in total. The molecule has 0 spiro atoms. The summed E-state index contributed by atoms with van der Waals surface area (Å²) in [7, 11) is 0. The second-order valence-electron chi connectivity index (χ2n) is 6.01. The largest absolute Gasteiger partial charge is 0.538 e. The number of aryl methyl sites for hydroxylation is 1. The molecular weight excluding hydrogens is 414 g/mol. The van der Waals surface area contributed by atoms with Gasteiger partial charge in [0, 0.05) is 18.2 Å². The lowest BCUT2D eigenvalue weighted by atomic mass is 10.2. The van der Waals surface area contributed by atoms with E-state index in [0.29, 0.717) is 17.4 Å². The van der Waals surface area contributed by atoms with Gasteiger partial charge in [-0.25, -0.2) is 17.6 Å². The summed E-state index contributed by atoms with van der Waals surface area (Å²) >= 11 is 0.700. The van der Waals surface area contributed by atoms with Crippen LogP contribution in [-0.2, 0) is 4.79 Å². The van der Waals surface area contributed by atoms with E-state index in [1.54, 1.807) is 29.6 Å². The van der Waals surface area contributed by atoms with Crippen molar-refractivity contribution in [3.63, 3.8) is 0 Å². The van der Waals surface area contributed by atoms with Crippen molar-refractivity contribution in [1.29, 1.82) is 0 Å². The van der Waals surface area contributed by atoms with Crippen molar-refractivity contribution in [2.45, 2.75) is 24.1 Å². The second-order valence-corrected chi connectivity index (χ2v) is 7.33. The Balaban J connectivity index is 1.83. The summed E-state index contributed by atoms with van der Waals surface area (Å²) in [6.45, 7) is 3.20. The van der Waals surface area contributed by atoms with Crippen LogP contribution in [0.4, 0.5) is 23.2 Å². The van der Waals surface area contributed by atoms with Gasteiger partial charge in [0.05, 0.1) is 10.5 Å². The van der Waals surface area contributed by atoms with Crippen molar-refractivity contribution >= 4 is 23.4 Å². The molecule has 0 fully saturated rings. The van der Waals surface area contributed by atoms with Gasteiger partial charge in [0.2, 0.25) is 11.6 Å². The Labute approximate surface area is 166 Å². The van der Waals surface area contributed by atoms with Gasteiger partial charge < -0.3 is 14.9 Å². The summed E-state index contributed by atoms with van der Waals surface area (Å²) in [6, 6.07) is 6.93. The first kappa shape index (κ1) is 20.6. The number of thioether (sulfide) groups is 1. The average molecular weight is 427 g/mol. The average Bonchev–Trinajstić information content (AvgIpc) is 3.04. The Hall–Kier alpha value is -3.08. The smallest absolute Gasteiger partial charge is 0.298 e. The van der Waals surface area contributed by atoms with Gasteiger partial charge >= 0.3 is 0 Å². The van der Waals surface area contributed by atoms with E-state index in [1.165, 1.54) is 11.6 Å². The number of carbonyl (C=O) groups excluding carboxylic acids is 1. The van der Waals surface area contributed by atoms with E-state index in [9.17, 15) is 27.5 Å². The highest BCUT2D eigenvalue weighted by Crippen LogP contribution is 2.29. The number of anilines is 1. The van der Waals surface area contributed by atoms with Crippen LogP contribution >= 0.6 is 11.8 Å². The van der Waals surface area contributed by atoms with Gasteiger partial charge in [-0.1, -0.05) is 17.7 Å². The Kier molecular flexibility index (Phi) is 5.78. The Morgan fingerprint density at radius 3 is 2.34 bits per heavy atom. The van der Waals surface area contributed by atoms with E-state index < -0.39 is 46.1 Å². The molecule has 1 atom stereocenters. The van der Waals surface area contributed by atoms with Crippen molar-refractivity contribution in [2.24, 2.45) is 0 Å². The van der Waals surface area contributed by atoms with Crippen LogP contribution < -0.4 is 15.1 Å². The fraction of sp³-hybridized carbons (Fsp3) is 0.167. The fourth-order valence-electron chi connectivity index (χ4n) is 2.32. The lowest BCUT2D eigenvalue weighted by Crippen LogP contribution is -2.36. The molecule has 0 aliphatic heterocycles. The molecular formula is C18H13F4N3O3S. The lowest BCUT2D eigenvalue weighted by Gasteiger charge is -2.12. The minimum atomic E-state index is -1.74. The number of hydrogen-bond donors (Lipinski definition) is 1. The zero-order valence-electron chi connectivity index (χ0n) is 15.0. The number of aromatic nitrogens is 2. The minimum absolute atomic E-state index is 0.0316. The zero-order valence-corrected chi connectivity index (χ0v) is 15.8. The van der Waals surface area contributed by atoms with Crippen LogP contribution in [0.15, 0.2) is 39.9 Å². The second kappa shape index (κ2) is 8.11. The fourth-order valence-corrected chi connectivity index (χ4v) is 3.19. The summed E-state index contributed by atoms with van der Waals surface area (Å²) in [6.07, 6.45) is 0. The van der Waals surface area contributed by atoms with Gasteiger partial charge in [-0.15, -0.1) is 0 Å². The Morgan fingerprint density at radius 2 is 1.76 bits per heavy atom. The highest BCUT2D eigenvalue weighted by atomic mass is 32.2. The van der Waals surface area contributed by atoms with Crippen molar-refractivity contribution in [2.75, 3.05) is 5.32 Å². The van der Waals surface area contributed by atoms with Gasteiger partial charge in [0.25, 0.3) is 5.03 Å². The third-order valence-electron chi connectivity index (χ3n) is 3.87. The van der Waals surface area contributed by atoms with Gasteiger partial charge in [0.1, 0.15) is 5.69 Å². The molecule has 3 rings (SSSR count). The molecule has 29 heavy (non-hydrogen) atoms. The van der Waals surface area contributed by atoms with E-state index in [1.807, 2.05) is 6.92 Å². The monoisotopic (exact) mass is 427 g/mol. The summed E-state index contributed by atoms with van der Waals surface area (Å²) < 4.78 is 59.9. The first-order valence-electron chi connectivity index (χ1n) is 8.15. The molecule has 11 heteroatoms. The Morgan fingerprint density at radius 1 is 1.17 bits per heavy atom. The molecule has 152 valence electrons. The standard InChI is InChI=1S/C18H13F4N3O3S/c1-8-3-5-10(6-4-8)25-17(18(27)28-24-25)29-9(2)16(26)23-15-13(21)11(19)7-12(20)14(15)22/h3-7,9H,1-2H3,(H-,23,24,26,27). The van der Waals surface area contributed by atoms with Crippen LogP contribution in [0, 0.1) is 30.2 Å². The molecule has 0 aliphatic rings. The molecule has 0 bridgehead atoms. The molecule has 0 radical (unpaired) electrons. The summed E-state index contributed by atoms with van der Waals surface area (Å²) in [5.41, 5.74) is 0.202. The van der Waals surface area contributed by atoms with Crippen LogP contribution in [0.25, 0.3) is 5.69 Å². The number of nitrogens with one attached hydrogen (secondary N) is 1.